The van der Waals surface area contributed by atoms with E-state index in [9.17, 15) is 5.11 Å². The molecule has 28 heavy (non-hydrogen) atoms. The molecule has 3 rings (SSSR count). The van der Waals surface area contributed by atoms with Crippen LogP contribution in [0.25, 0.3) is 0 Å². The van der Waals surface area contributed by atoms with Gasteiger partial charge >= 0.3 is 0 Å². The van der Waals surface area contributed by atoms with Crippen LogP contribution in [-0.4, -0.2) is 49.5 Å². The fourth-order valence-corrected chi connectivity index (χ4v) is 4.15. The minimum atomic E-state index is -0.982. The Hall–Kier alpha value is -1.88. The van der Waals surface area contributed by atoms with Crippen LogP contribution >= 0.6 is 0 Å². The maximum Gasteiger partial charge on any atom is 0.119 e. The summed E-state index contributed by atoms with van der Waals surface area (Å²) in [5.41, 5.74) is 1.12. The van der Waals surface area contributed by atoms with E-state index in [2.05, 4.69) is 43.0 Å². The third-order valence-corrected chi connectivity index (χ3v) is 5.79. The summed E-state index contributed by atoms with van der Waals surface area (Å²) in [6.07, 6.45) is 0. The fourth-order valence-electron chi connectivity index (χ4n) is 4.15. The summed E-state index contributed by atoms with van der Waals surface area (Å²) in [5, 5.41) is 12.1. The number of nitrogens with zero attached hydrogens (tertiary/aromatic N) is 1. The molecule has 1 aliphatic rings. The summed E-state index contributed by atoms with van der Waals surface area (Å²) >= 11 is 0. The molecule has 2 aromatic rings. The van der Waals surface area contributed by atoms with E-state index in [0.717, 1.165) is 44.2 Å². The summed E-state index contributed by atoms with van der Waals surface area (Å²) in [6.45, 7) is 10.9. The molecule has 0 aromatic heterocycles. The Kier molecular flexibility index (Phi) is 7.11. The lowest BCUT2D eigenvalue weighted by Gasteiger charge is -2.43. The van der Waals surface area contributed by atoms with Crippen LogP contribution in [0, 0.1) is 5.92 Å². The van der Waals surface area contributed by atoms with Gasteiger partial charge in [-0.2, -0.15) is 0 Å². The molecule has 0 bridgehead atoms. The molecule has 1 N–H and O–H groups in total. The van der Waals surface area contributed by atoms with Crippen molar-refractivity contribution in [2.24, 2.45) is 5.92 Å². The molecule has 0 spiro atoms. The zero-order valence-electron chi connectivity index (χ0n) is 17.3. The molecule has 0 amide bonds. The van der Waals surface area contributed by atoms with Gasteiger partial charge in [0.05, 0.1) is 25.4 Å². The maximum absolute atomic E-state index is 12.1. The Labute approximate surface area is 169 Å². The Morgan fingerprint density at radius 3 is 2.25 bits per heavy atom. The summed E-state index contributed by atoms with van der Waals surface area (Å²) < 4.78 is 11.1. The Balaban J connectivity index is 1.99. The number of ether oxygens (including phenoxy) is 2. The highest BCUT2D eigenvalue weighted by molar-refractivity contribution is 5.36. The molecule has 4 heteroatoms. The largest absolute Gasteiger partial charge is 0.494 e. The highest BCUT2D eigenvalue weighted by Crippen LogP contribution is 2.43. The van der Waals surface area contributed by atoms with Crippen molar-refractivity contribution < 1.29 is 14.6 Å². The fraction of sp³-hybridized carbons (Fsp3) is 0.500. The molecule has 152 valence electrons. The van der Waals surface area contributed by atoms with Gasteiger partial charge in [-0.1, -0.05) is 56.3 Å². The average molecular weight is 384 g/mol. The van der Waals surface area contributed by atoms with Crippen molar-refractivity contribution in [2.45, 2.75) is 32.3 Å². The third-order valence-electron chi connectivity index (χ3n) is 5.79. The molecule has 1 heterocycles. The molecular formula is C24H33NO3. The second-order valence-electron chi connectivity index (χ2n) is 7.81. The Bertz CT molecular complexity index is 710. The van der Waals surface area contributed by atoms with E-state index in [1.54, 1.807) is 0 Å². The smallest absolute Gasteiger partial charge is 0.119 e. The van der Waals surface area contributed by atoms with Gasteiger partial charge in [-0.25, -0.2) is 0 Å². The number of benzene rings is 2. The molecular weight excluding hydrogens is 350 g/mol. The van der Waals surface area contributed by atoms with E-state index in [0.29, 0.717) is 6.61 Å². The van der Waals surface area contributed by atoms with Gasteiger partial charge in [-0.3, -0.25) is 4.90 Å². The van der Waals surface area contributed by atoms with Gasteiger partial charge in [0.25, 0.3) is 0 Å². The second-order valence-corrected chi connectivity index (χ2v) is 7.81. The minimum Gasteiger partial charge on any atom is -0.494 e. The van der Waals surface area contributed by atoms with Crippen LogP contribution in [0.3, 0.4) is 0 Å². The first-order valence-electron chi connectivity index (χ1n) is 10.4. The molecule has 1 fully saturated rings. The van der Waals surface area contributed by atoms with E-state index < -0.39 is 5.60 Å². The van der Waals surface area contributed by atoms with Crippen molar-refractivity contribution in [3.63, 3.8) is 0 Å². The van der Waals surface area contributed by atoms with Crippen LogP contribution in [0.1, 0.15) is 37.8 Å². The predicted molar refractivity (Wildman–Crippen MR) is 113 cm³/mol. The number of hydrogen-bond acceptors (Lipinski definition) is 4. The molecule has 1 aliphatic heterocycles. The second kappa shape index (κ2) is 9.55. The topological polar surface area (TPSA) is 41.9 Å². The maximum atomic E-state index is 12.1. The van der Waals surface area contributed by atoms with Crippen molar-refractivity contribution in [1.82, 2.24) is 4.90 Å². The van der Waals surface area contributed by atoms with Gasteiger partial charge < -0.3 is 14.6 Å². The van der Waals surface area contributed by atoms with Gasteiger partial charge in [0, 0.05) is 25.6 Å². The quantitative estimate of drug-likeness (QED) is 0.747. The monoisotopic (exact) mass is 383 g/mol. The molecule has 0 aliphatic carbocycles. The van der Waals surface area contributed by atoms with E-state index >= 15 is 0 Å². The van der Waals surface area contributed by atoms with Crippen LogP contribution in [0.2, 0.25) is 0 Å². The highest BCUT2D eigenvalue weighted by atomic mass is 16.5. The molecule has 1 saturated heterocycles. The van der Waals surface area contributed by atoms with Crippen LogP contribution in [0.4, 0.5) is 0 Å². The Morgan fingerprint density at radius 1 is 1.04 bits per heavy atom. The van der Waals surface area contributed by atoms with Crippen LogP contribution < -0.4 is 4.74 Å². The molecule has 0 radical (unpaired) electrons. The highest BCUT2D eigenvalue weighted by Gasteiger charge is 2.43. The van der Waals surface area contributed by atoms with Gasteiger partial charge in [0.2, 0.25) is 0 Å². The standard InChI is InChI=1S/C24H33NO3/c1-4-28-22-12-10-21(11-13-22)24(26,19(2)3)23(20-8-6-5-7-9-20)18-25-14-16-27-17-15-25/h5-13,19,23,26H,4,14-18H2,1-3H3/t23-,24-/m0/s1. The van der Waals surface area contributed by atoms with Gasteiger partial charge in [-0.05, 0) is 36.1 Å². The van der Waals surface area contributed by atoms with Gasteiger partial charge in [-0.15, -0.1) is 0 Å². The first-order valence-corrected chi connectivity index (χ1v) is 10.4. The SMILES string of the molecule is CCOc1ccc([C@@](O)(C(C)C)[C@@H](CN2CCOCC2)c2ccccc2)cc1. The third kappa shape index (κ3) is 4.57. The normalized spacial score (nSPS) is 18.6. The van der Waals surface area contributed by atoms with Crippen molar-refractivity contribution in [3.05, 3.63) is 65.7 Å². The van der Waals surface area contributed by atoms with Crippen molar-refractivity contribution in [1.29, 1.82) is 0 Å². The molecule has 2 aromatic carbocycles. The van der Waals surface area contributed by atoms with Crippen molar-refractivity contribution in [2.75, 3.05) is 39.5 Å². The lowest BCUT2D eigenvalue weighted by atomic mass is 9.70. The molecule has 2 atom stereocenters. The summed E-state index contributed by atoms with van der Waals surface area (Å²) in [5.74, 6) is 0.850. The number of morpholine rings is 1. The molecule has 4 nitrogen and oxygen atoms in total. The minimum absolute atomic E-state index is 0.0373. The van der Waals surface area contributed by atoms with E-state index in [1.807, 2.05) is 37.3 Å². The van der Waals surface area contributed by atoms with Gasteiger partial charge in [0.1, 0.15) is 5.75 Å². The van der Waals surface area contributed by atoms with Crippen molar-refractivity contribution >= 4 is 0 Å². The number of hydrogen-bond donors (Lipinski definition) is 1. The van der Waals surface area contributed by atoms with Crippen molar-refractivity contribution in [3.8, 4) is 5.75 Å². The van der Waals surface area contributed by atoms with Crippen LogP contribution in [0.5, 0.6) is 5.75 Å². The summed E-state index contributed by atoms with van der Waals surface area (Å²) in [4.78, 5) is 2.41. The average Bonchev–Trinajstić information content (AvgIpc) is 2.73. The molecule has 0 unspecified atom stereocenters. The zero-order chi connectivity index (χ0) is 20.0. The van der Waals surface area contributed by atoms with E-state index in [4.69, 9.17) is 9.47 Å². The predicted octanol–water partition coefficient (Wildman–Crippen LogP) is 4.04. The first kappa shape index (κ1) is 20.8. The van der Waals surface area contributed by atoms with E-state index in [-0.39, 0.29) is 11.8 Å². The molecule has 0 saturated carbocycles. The number of rotatable bonds is 8. The summed E-state index contributed by atoms with van der Waals surface area (Å²) in [7, 11) is 0. The van der Waals surface area contributed by atoms with Gasteiger partial charge in [0.15, 0.2) is 0 Å². The van der Waals surface area contributed by atoms with Crippen LogP contribution in [-0.2, 0) is 10.3 Å². The lowest BCUT2D eigenvalue weighted by Crippen LogP contribution is -2.47. The first-order chi connectivity index (χ1) is 13.6. The van der Waals surface area contributed by atoms with E-state index in [1.165, 1.54) is 5.56 Å². The summed E-state index contributed by atoms with van der Waals surface area (Å²) in [6, 6.07) is 18.4. The zero-order valence-corrected chi connectivity index (χ0v) is 17.3. The van der Waals surface area contributed by atoms with Crippen LogP contribution in [0.15, 0.2) is 54.6 Å². The lowest BCUT2D eigenvalue weighted by molar-refractivity contribution is -0.0547. The number of aliphatic hydroxyl groups is 1. The Morgan fingerprint density at radius 2 is 1.68 bits per heavy atom.